The molecule has 10 aromatic rings. The molecule has 5 nitrogen and oxygen atoms in total. The molecule has 50 heavy (non-hydrogen) atoms. The van der Waals surface area contributed by atoms with Gasteiger partial charge in [0, 0.05) is 38.4 Å². The van der Waals surface area contributed by atoms with Gasteiger partial charge in [0.2, 0.25) is 5.95 Å². The van der Waals surface area contributed by atoms with Crippen LogP contribution in [0.1, 0.15) is 0 Å². The van der Waals surface area contributed by atoms with Crippen LogP contribution in [0.15, 0.2) is 176 Å². The summed E-state index contributed by atoms with van der Waals surface area (Å²) in [5, 5.41) is 4.71. The third-order valence-corrected chi connectivity index (χ3v) is 9.59. The van der Waals surface area contributed by atoms with Crippen molar-refractivity contribution in [3.63, 3.8) is 0 Å². The van der Waals surface area contributed by atoms with Gasteiger partial charge in [0.05, 0.1) is 22.1 Å². The van der Waals surface area contributed by atoms with Crippen LogP contribution >= 0.6 is 0 Å². The maximum Gasteiger partial charge on any atom is 0.238 e. The van der Waals surface area contributed by atoms with Crippen molar-refractivity contribution in [1.29, 1.82) is 0 Å². The van der Waals surface area contributed by atoms with Gasteiger partial charge in [0.1, 0.15) is 0 Å². The number of hydrogen-bond acceptors (Lipinski definition) is 3. The number of benzene rings is 7. The lowest BCUT2D eigenvalue weighted by molar-refractivity contribution is 0.953. The second-order valence-electron chi connectivity index (χ2n) is 12.5. The lowest BCUT2D eigenvalue weighted by atomic mass is 10.1. The van der Waals surface area contributed by atoms with Crippen LogP contribution in [0.3, 0.4) is 0 Å². The van der Waals surface area contributed by atoms with Gasteiger partial charge in [-0.15, -0.1) is 0 Å². The highest BCUT2D eigenvalue weighted by atomic mass is 15.2. The van der Waals surface area contributed by atoms with E-state index >= 15 is 0 Å². The van der Waals surface area contributed by atoms with Crippen molar-refractivity contribution in [2.75, 3.05) is 0 Å². The Morgan fingerprint density at radius 1 is 0.320 bits per heavy atom. The summed E-state index contributed by atoms with van der Waals surface area (Å²) in [6, 6.07) is 61.5. The van der Waals surface area contributed by atoms with E-state index in [0.717, 1.165) is 49.7 Å². The van der Waals surface area contributed by atoms with Gasteiger partial charge in [-0.1, -0.05) is 146 Å². The number of aromatic nitrogens is 5. The molecule has 0 fully saturated rings. The van der Waals surface area contributed by atoms with E-state index in [0.29, 0.717) is 17.6 Å². The van der Waals surface area contributed by atoms with Crippen molar-refractivity contribution in [1.82, 2.24) is 24.1 Å². The topological polar surface area (TPSA) is 48.5 Å². The smallest absolute Gasteiger partial charge is 0.238 e. The fourth-order valence-corrected chi connectivity index (χ4v) is 7.32. The first-order valence-corrected chi connectivity index (χ1v) is 16.8. The van der Waals surface area contributed by atoms with Gasteiger partial charge >= 0.3 is 0 Å². The summed E-state index contributed by atoms with van der Waals surface area (Å²) in [5.41, 5.74) is 9.78. The molecule has 0 aliphatic heterocycles. The Kier molecular flexibility index (Phi) is 6.42. The quantitative estimate of drug-likeness (QED) is 0.188. The first kappa shape index (κ1) is 28.2. The van der Waals surface area contributed by atoms with Crippen LogP contribution < -0.4 is 0 Å². The molecule has 10 rings (SSSR count). The Hall–Kier alpha value is -6.85. The second-order valence-corrected chi connectivity index (χ2v) is 12.5. The van der Waals surface area contributed by atoms with Gasteiger partial charge < -0.3 is 4.57 Å². The monoisotopic (exact) mass is 639 g/mol. The Labute approximate surface area is 288 Å². The molecule has 0 aliphatic rings. The third kappa shape index (κ3) is 4.45. The van der Waals surface area contributed by atoms with E-state index in [9.17, 15) is 0 Å². The van der Waals surface area contributed by atoms with Crippen molar-refractivity contribution >= 4 is 43.6 Å². The average molecular weight is 640 g/mol. The molecular weight excluding hydrogens is 611 g/mol. The molecule has 0 atom stereocenters. The fraction of sp³-hybridized carbons (Fsp3) is 0. The molecule has 0 spiro atoms. The molecule has 3 aromatic heterocycles. The van der Waals surface area contributed by atoms with Gasteiger partial charge in [0.15, 0.2) is 11.6 Å². The lowest BCUT2D eigenvalue weighted by Crippen LogP contribution is -2.06. The Morgan fingerprint density at radius 2 is 0.820 bits per heavy atom. The maximum atomic E-state index is 5.15. The molecule has 234 valence electrons. The van der Waals surface area contributed by atoms with Crippen molar-refractivity contribution in [3.05, 3.63) is 176 Å². The summed E-state index contributed by atoms with van der Waals surface area (Å²) in [6.45, 7) is 0. The standard InChI is InChI=1S/C45H29N5/c1-4-14-30(15-5-1)31-24-26-34(27-25-31)49-38-22-12-10-20-35(38)36-28-29-40-41(42(36)49)37-21-11-13-23-39(37)50(40)45-47-43(32-16-6-2-7-17-32)46-44(48-45)33-18-8-3-9-19-33/h1-29H. The molecule has 7 aromatic carbocycles. The Balaban J connectivity index is 1.28. The third-order valence-electron chi connectivity index (χ3n) is 9.59. The molecule has 0 radical (unpaired) electrons. The summed E-state index contributed by atoms with van der Waals surface area (Å²) in [5.74, 6) is 1.85. The van der Waals surface area contributed by atoms with Crippen LogP contribution in [0, 0.1) is 0 Å². The zero-order valence-corrected chi connectivity index (χ0v) is 27.0. The molecule has 0 aliphatic carbocycles. The van der Waals surface area contributed by atoms with E-state index in [2.05, 4.69) is 124 Å². The zero-order chi connectivity index (χ0) is 33.0. The highest BCUT2D eigenvalue weighted by Crippen LogP contribution is 2.42. The van der Waals surface area contributed by atoms with E-state index in [4.69, 9.17) is 15.0 Å². The summed E-state index contributed by atoms with van der Waals surface area (Å²) in [6.07, 6.45) is 0. The van der Waals surface area contributed by atoms with Crippen LogP contribution in [0.4, 0.5) is 0 Å². The number of rotatable bonds is 5. The van der Waals surface area contributed by atoms with Crippen LogP contribution in [0.5, 0.6) is 0 Å². The molecule has 5 heteroatoms. The van der Waals surface area contributed by atoms with Crippen molar-refractivity contribution < 1.29 is 0 Å². The van der Waals surface area contributed by atoms with E-state index in [1.54, 1.807) is 0 Å². The van der Waals surface area contributed by atoms with Gasteiger partial charge in [0.25, 0.3) is 0 Å². The number of hydrogen-bond donors (Lipinski definition) is 0. The molecule has 0 bridgehead atoms. The van der Waals surface area contributed by atoms with E-state index < -0.39 is 0 Å². The first-order valence-electron chi connectivity index (χ1n) is 16.8. The zero-order valence-electron chi connectivity index (χ0n) is 27.0. The van der Waals surface area contributed by atoms with Crippen molar-refractivity contribution in [2.24, 2.45) is 0 Å². The number of nitrogens with zero attached hydrogens (tertiary/aromatic N) is 5. The predicted octanol–water partition coefficient (Wildman–Crippen LogP) is 11.1. The van der Waals surface area contributed by atoms with E-state index in [1.165, 1.54) is 21.9 Å². The van der Waals surface area contributed by atoms with Gasteiger partial charge in [-0.2, -0.15) is 9.97 Å². The SMILES string of the molecule is c1ccc(-c2ccc(-n3c4ccccc4c4ccc5c(c6ccccc6n5-c5nc(-c6ccccc6)nc(-c6ccccc6)n5)c43)cc2)cc1. The summed E-state index contributed by atoms with van der Waals surface area (Å²) < 4.78 is 4.61. The molecule has 0 amide bonds. The number of fused-ring (bicyclic) bond motifs is 7. The van der Waals surface area contributed by atoms with Crippen LogP contribution in [-0.4, -0.2) is 24.1 Å². The molecule has 0 N–H and O–H groups in total. The van der Waals surface area contributed by atoms with Crippen LogP contribution in [0.25, 0.3) is 89.2 Å². The van der Waals surface area contributed by atoms with Gasteiger partial charge in [-0.25, -0.2) is 4.98 Å². The first-order chi connectivity index (χ1) is 24.8. The minimum absolute atomic E-state index is 0.582. The lowest BCUT2D eigenvalue weighted by Gasteiger charge is -2.12. The van der Waals surface area contributed by atoms with Crippen molar-refractivity contribution in [3.8, 4) is 45.5 Å². The maximum absolute atomic E-state index is 5.15. The summed E-state index contributed by atoms with van der Waals surface area (Å²) in [7, 11) is 0. The average Bonchev–Trinajstić information content (AvgIpc) is 3.72. The van der Waals surface area contributed by atoms with Crippen LogP contribution in [0.2, 0.25) is 0 Å². The molecule has 0 saturated heterocycles. The summed E-state index contributed by atoms with van der Waals surface area (Å²) in [4.78, 5) is 15.3. The molecule has 0 saturated carbocycles. The van der Waals surface area contributed by atoms with E-state index in [1.807, 2.05) is 60.7 Å². The Bertz CT molecular complexity index is 2780. The molecular formula is C45H29N5. The van der Waals surface area contributed by atoms with E-state index in [-0.39, 0.29) is 0 Å². The highest BCUT2D eigenvalue weighted by molar-refractivity contribution is 6.26. The number of para-hydroxylation sites is 2. The van der Waals surface area contributed by atoms with Crippen LogP contribution in [-0.2, 0) is 0 Å². The largest absolute Gasteiger partial charge is 0.309 e. The summed E-state index contributed by atoms with van der Waals surface area (Å²) >= 11 is 0. The molecule has 0 unspecified atom stereocenters. The molecule has 3 heterocycles. The normalized spacial score (nSPS) is 11.6. The van der Waals surface area contributed by atoms with Gasteiger partial charge in [-0.05, 0) is 41.5 Å². The minimum atomic E-state index is 0.582. The highest BCUT2D eigenvalue weighted by Gasteiger charge is 2.22. The minimum Gasteiger partial charge on any atom is -0.309 e. The van der Waals surface area contributed by atoms with Crippen molar-refractivity contribution in [2.45, 2.75) is 0 Å². The Morgan fingerprint density at radius 3 is 1.44 bits per heavy atom. The van der Waals surface area contributed by atoms with Gasteiger partial charge in [-0.3, -0.25) is 4.57 Å². The predicted molar refractivity (Wildman–Crippen MR) is 205 cm³/mol. The fourth-order valence-electron chi connectivity index (χ4n) is 7.32. The second kappa shape index (κ2) is 11.4.